The van der Waals surface area contributed by atoms with Gasteiger partial charge in [0.05, 0.1) is 11.3 Å². The van der Waals surface area contributed by atoms with Gasteiger partial charge in [-0.1, -0.05) is 20.8 Å². The first-order chi connectivity index (χ1) is 12.4. The third kappa shape index (κ3) is 5.88. The Labute approximate surface area is 164 Å². The van der Waals surface area contributed by atoms with E-state index >= 15 is 0 Å². The summed E-state index contributed by atoms with van der Waals surface area (Å²) >= 11 is 1.36. The number of benzene rings is 1. The number of carbonyl (C=O) groups is 2. The number of rotatable bonds is 6. The quantitative estimate of drug-likeness (QED) is 0.549. The van der Waals surface area contributed by atoms with E-state index in [0.717, 1.165) is 11.2 Å². The van der Waals surface area contributed by atoms with E-state index in [9.17, 15) is 18.0 Å². The zero-order valence-electron chi connectivity index (χ0n) is 15.9. The average molecular weight is 412 g/mol. The van der Waals surface area contributed by atoms with Gasteiger partial charge in [0.1, 0.15) is 6.04 Å². The number of nitrogens with zero attached hydrogens (tertiary/aromatic N) is 1. The van der Waals surface area contributed by atoms with Crippen LogP contribution in [-0.4, -0.2) is 49.1 Å². The van der Waals surface area contributed by atoms with E-state index in [4.69, 9.17) is 5.41 Å². The first-order valence-electron chi connectivity index (χ1n) is 8.54. The molecule has 1 atom stereocenters. The van der Waals surface area contributed by atoms with Gasteiger partial charge in [-0.2, -0.15) is 0 Å². The second kappa shape index (κ2) is 8.12. The Morgan fingerprint density at radius 1 is 1.26 bits per heavy atom. The summed E-state index contributed by atoms with van der Waals surface area (Å²) in [6.07, 6.45) is 1.70. The van der Waals surface area contributed by atoms with E-state index in [0.29, 0.717) is 13.0 Å². The molecular weight excluding hydrogens is 386 g/mol. The SMILES string of the molecule is CC(C)(C)C(=N)CC(=O)NC(=O)C1CCN1Sc1ccc(S(C)(=O)=O)cc1. The maximum atomic E-state index is 12.3. The number of nitrogens with one attached hydrogen (secondary N) is 2. The summed E-state index contributed by atoms with van der Waals surface area (Å²) in [5, 5.41) is 10.3. The van der Waals surface area contributed by atoms with Crippen molar-refractivity contribution in [1.29, 1.82) is 5.41 Å². The molecule has 2 amide bonds. The topological polar surface area (TPSA) is 107 Å². The molecule has 27 heavy (non-hydrogen) atoms. The summed E-state index contributed by atoms with van der Waals surface area (Å²) in [6, 6.07) is 6.05. The van der Waals surface area contributed by atoms with Gasteiger partial charge >= 0.3 is 0 Å². The lowest BCUT2D eigenvalue weighted by Gasteiger charge is -2.38. The third-order valence-electron chi connectivity index (χ3n) is 4.25. The largest absolute Gasteiger partial charge is 0.309 e. The minimum absolute atomic E-state index is 0.0952. The van der Waals surface area contributed by atoms with E-state index in [2.05, 4.69) is 5.32 Å². The smallest absolute Gasteiger partial charge is 0.244 e. The van der Waals surface area contributed by atoms with Crippen LogP contribution in [0.15, 0.2) is 34.1 Å². The van der Waals surface area contributed by atoms with Crippen molar-refractivity contribution in [2.45, 2.75) is 49.4 Å². The summed E-state index contributed by atoms with van der Waals surface area (Å²) in [5.41, 5.74) is -0.129. The Morgan fingerprint density at radius 2 is 1.85 bits per heavy atom. The van der Waals surface area contributed by atoms with Crippen molar-refractivity contribution in [2.75, 3.05) is 12.8 Å². The monoisotopic (exact) mass is 411 g/mol. The average Bonchev–Trinajstić information content (AvgIpc) is 2.49. The number of amides is 2. The molecule has 0 radical (unpaired) electrons. The standard InChI is InChI=1S/C18H25N3O4S2/c1-18(2,3)15(19)11-16(22)20-17(23)14-9-10-21(14)26-12-5-7-13(8-6-12)27(4,24)25/h5-8,14,19H,9-11H2,1-4H3,(H,20,22,23). The maximum Gasteiger partial charge on any atom is 0.244 e. The predicted molar refractivity (Wildman–Crippen MR) is 105 cm³/mol. The molecule has 9 heteroatoms. The molecule has 148 valence electrons. The van der Waals surface area contributed by atoms with Crippen molar-refractivity contribution in [1.82, 2.24) is 9.62 Å². The fourth-order valence-electron chi connectivity index (χ4n) is 2.31. The Kier molecular flexibility index (Phi) is 6.49. The molecule has 0 aromatic heterocycles. The van der Waals surface area contributed by atoms with Crippen LogP contribution in [0.4, 0.5) is 0 Å². The van der Waals surface area contributed by atoms with Crippen LogP contribution < -0.4 is 5.32 Å². The number of hydrogen-bond acceptors (Lipinski definition) is 7. The van der Waals surface area contributed by atoms with Crippen LogP contribution in [0.25, 0.3) is 0 Å². The number of carbonyl (C=O) groups excluding carboxylic acids is 2. The Morgan fingerprint density at radius 3 is 2.30 bits per heavy atom. The van der Waals surface area contributed by atoms with Gasteiger partial charge < -0.3 is 5.41 Å². The highest BCUT2D eigenvalue weighted by atomic mass is 32.2. The van der Waals surface area contributed by atoms with Crippen LogP contribution in [0, 0.1) is 10.8 Å². The van der Waals surface area contributed by atoms with Crippen LogP contribution in [0.2, 0.25) is 0 Å². The highest BCUT2D eigenvalue weighted by molar-refractivity contribution is 7.97. The van der Waals surface area contributed by atoms with Crippen LogP contribution >= 0.6 is 11.9 Å². The molecule has 0 saturated carbocycles. The zero-order valence-corrected chi connectivity index (χ0v) is 17.5. The molecule has 1 saturated heterocycles. The molecule has 1 aliphatic rings. The minimum Gasteiger partial charge on any atom is -0.309 e. The van der Waals surface area contributed by atoms with Gasteiger partial charge in [-0.3, -0.25) is 14.9 Å². The first kappa shape index (κ1) is 21.6. The molecule has 2 rings (SSSR count). The van der Waals surface area contributed by atoms with Crippen LogP contribution in [0.3, 0.4) is 0 Å². The highest BCUT2D eigenvalue weighted by Crippen LogP contribution is 2.32. The predicted octanol–water partition coefficient (Wildman–Crippen LogP) is 2.27. The third-order valence-corrected chi connectivity index (χ3v) is 6.54. The number of imide groups is 1. The van der Waals surface area contributed by atoms with Crippen molar-refractivity contribution < 1.29 is 18.0 Å². The van der Waals surface area contributed by atoms with Crippen molar-refractivity contribution >= 4 is 39.3 Å². The van der Waals surface area contributed by atoms with E-state index < -0.39 is 27.2 Å². The highest BCUT2D eigenvalue weighted by Gasteiger charge is 2.36. The second-order valence-corrected chi connectivity index (χ2v) is 10.7. The molecule has 1 aromatic rings. The van der Waals surface area contributed by atoms with Gasteiger partial charge in [-0.15, -0.1) is 0 Å². The lowest BCUT2D eigenvalue weighted by Crippen LogP contribution is -2.54. The van der Waals surface area contributed by atoms with Gasteiger partial charge in [0.25, 0.3) is 0 Å². The number of sulfone groups is 1. The van der Waals surface area contributed by atoms with E-state index in [-0.39, 0.29) is 22.9 Å². The lowest BCUT2D eigenvalue weighted by atomic mass is 9.88. The Balaban J connectivity index is 1.90. The van der Waals surface area contributed by atoms with Gasteiger partial charge in [-0.05, 0) is 42.6 Å². The molecule has 1 aromatic carbocycles. The lowest BCUT2D eigenvalue weighted by molar-refractivity contribution is -0.133. The van der Waals surface area contributed by atoms with Crippen molar-refractivity contribution in [3.63, 3.8) is 0 Å². The van der Waals surface area contributed by atoms with Crippen LogP contribution in [0.5, 0.6) is 0 Å². The Hall–Kier alpha value is -1.71. The molecule has 2 N–H and O–H groups in total. The minimum atomic E-state index is -3.24. The second-order valence-electron chi connectivity index (χ2n) is 7.60. The zero-order chi connectivity index (χ0) is 20.4. The molecule has 0 spiro atoms. The van der Waals surface area contributed by atoms with E-state index in [1.807, 2.05) is 25.1 Å². The summed E-state index contributed by atoms with van der Waals surface area (Å²) < 4.78 is 24.9. The molecule has 1 aliphatic heterocycles. The van der Waals surface area contributed by atoms with Gasteiger partial charge in [0, 0.05) is 28.8 Å². The van der Waals surface area contributed by atoms with Crippen LogP contribution in [0.1, 0.15) is 33.6 Å². The maximum absolute atomic E-state index is 12.3. The van der Waals surface area contributed by atoms with E-state index in [1.54, 1.807) is 12.1 Å². The normalized spacial score (nSPS) is 17.9. The van der Waals surface area contributed by atoms with Crippen molar-refractivity contribution in [2.24, 2.45) is 5.41 Å². The summed E-state index contributed by atoms with van der Waals surface area (Å²) in [5.74, 6) is -0.831. The summed E-state index contributed by atoms with van der Waals surface area (Å²) in [7, 11) is -3.24. The molecule has 1 fully saturated rings. The summed E-state index contributed by atoms with van der Waals surface area (Å²) in [4.78, 5) is 25.4. The van der Waals surface area contributed by atoms with E-state index in [1.165, 1.54) is 24.1 Å². The Bertz CT molecular complexity index is 842. The van der Waals surface area contributed by atoms with Crippen molar-refractivity contribution in [3.8, 4) is 0 Å². The number of hydrogen-bond donors (Lipinski definition) is 2. The molecule has 0 aliphatic carbocycles. The first-order valence-corrected chi connectivity index (χ1v) is 11.2. The molecule has 0 bridgehead atoms. The van der Waals surface area contributed by atoms with Gasteiger partial charge in [0.2, 0.25) is 11.8 Å². The van der Waals surface area contributed by atoms with Gasteiger partial charge in [-0.25, -0.2) is 12.7 Å². The van der Waals surface area contributed by atoms with Crippen LogP contribution in [-0.2, 0) is 19.4 Å². The molecule has 1 unspecified atom stereocenters. The summed E-state index contributed by atoms with van der Waals surface area (Å²) in [6.45, 7) is 6.25. The molecule has 7 nitrogen and oxygen atoms in total. The fraction of sp³-hybridized carbons (Fsp3) is 0.500. The molecule has 1 heterocycles. The fourth-order valence-corrected chi connectivity index (χ4v) is 3.99. The van der Waals surface area contributed by atoms with Gasteiger partial charge in [0.15, 0.2) is 9.84 Å². The van der Waals surface area contributed by atoms with Crippen molar-refractivity contribution in [3.05, 3.63) is 24.3 Å². The molecular formula is C18H25N3O4S2.